The summed E-state index contributed by atoms with van der Waals surface area (Å²) in [5.41, 5.74) is 1.17. The number of nitrogens with zero attached hydrogens (tertiary/aromatic N) is 1. The van der Waals surface area contributed by atoms with Crippen LogP contribution in [0.15, 0.2) is 54.6 Å². The summed E-state index contributed by atoms with van der Waals surface area (Å²) in [5.74, 6) is -0.430. The van der Waals surface area contributed by atoms with Crippen molar-refractivity contribution in [1.82, 2.24) is 0 Å². The van der Waals surface area contributed by atoms with Crippen LogP contribution < -0.4 is 5.32 Å². The molecular formula is C16H16N2O4. The molecule has 0 bridgehead atoms. The van der Waals surface area contributed by atoms with E-state index in [1.165, 1.54) is 12.1 Å². The van der Waals surface area contributed by atoms with Crippen LogP contribution in [0.1, 0.15) is 18.5 Å². The highest BCUT2D eigenvalue weighted by molar-refractivity contribution is 5.81. The molecule has 6 heteroatoms. The van der Waals surface area contributed by atoms with Gasteiger partial charge in [-0.3, -0.25) is 10.1 Å². The molecule has 0 aliphatic carbocycles. The van der Waals surface area contributed by atoms with Crippen molar-refractivity contribution in [2.75, 3.05) is 11.9 Å². The Hall–Kier alpha value is -2.89. The number of nitro benzene ring substituents is 1. The van der Waals surface area contributed by atoms with Crippen molar-refractivity contribution in [3.05, 3.63) is 70.3 Å². The zero-order valence-electron chi connectivity index (χ0n) is 12.1. The lowest BCUT2D eigenvalue weighted by Gasteiger charge is -2.18. The van der Waals surface area contributed by atoms with Gasteiger partial charge >= 0.3 is 5.97 Å². The van der Waals surface area contributed by atoms with Gasteiger partial charge in [-0.2, -0.15) is 0 Å². The second-order valence-corrected chi connectivity index (χ2v) is 4.55. The molecular weight excluding hydrogens is 284 g/mol. The van der Waals surface area contributed by atoms with Gasteiger partial charge in [-0.05, 0) is 18.6 Å². The number of benzene rings is 2. The molecule has 0 saturated carbocycles. The Bertz CT molecular complexity index is 658. The zero-order valence-corrected chi connectivity index (χ0v) is 12.1. The smallest absolute Gasteiger partial charge is 0.333 e. The topological polar surface area (TPSA) is 81.5 Å². The molecule has 0 amide bonds. The third-order valence-electron chi connectivity index (χ3n) is 3.02. The van der Waals surface area contributed by atoms with Gasteiger partial charge in [0, 0.05) is 17.8 Å². The maximum absolute atomic E-state index is 12.1. The SMILES string of the molecule is CCOC(=O)C(Nc1cccc([N+](=O)[O-])c1)c1ccccc1. The second-order valence-electron chi connectivity index (χ2n) is 4.55. The van der Waals surface area contributed by atoms with Crippen molar-refractivity contribution in [2.45, 2.75) is 13.0 Å². The van der Waals surface area contributed by atoms with E-state index in [2.05, 4.69) is 5.32 Å². The summed E-state index contributed by atoms with van der Waals surface area (Å²) in [5, 5.41) is 13.8. The van der Waals surface area contributed by atoms with Crippen molar-refractivity contribution in [3.8, 4) is 0 Å². The van der Waals surface area contributed by atoms with Gasteiger partial charge in [-0.15, -0.1) is 0 Å². The molecule has 1 unspecified atom stereocenters. The molecule has 0 radical (unpaired) electrons. The van der Waals surface area contributed by atoms with Crippen molar-refractivity contribution in [1.29, 1.82) is 0 Å². The van der Waals surface area contributed by atoms with Crippen molar-refractivity contribution in [3.63, 3.8) is 0 Å². The van der Waals surface area contributed by atoms with E-state index < -0.39 is 16.9 Å². The van der Waals surface area contributed by atoms with Crippen LogP contribution in [0.25, 0.3) is 0 Å². The number of carbonyl (C=O) groups is 1. The van der Waals surface area contributed by atoms with E-state index in [9.17, 15) is 14.9 Å². The van der Waals surface area contributed by atoms with Crippen LogP contribution in [0.4, 0.5) is 11.4 Å². The molecule has 22 heavy (non-hydrogen) atoms. The normalized spacial score (nSPS) is 11.5. The summed E-state index contributed by atoms with van der Waals surface area (Å²) >= 11 is 0. The Kier molecular flexibility index (Phi) is 5.08. The second kappa shape index (κ2) is 7.21. The highest BCUT2D eigenvalue weighted by Gasteiger charge is 2.22. The number of nitrogens with one attached hydrogen (secondary N) is 1. The fourth-order valence-electron chi connectivity index (χ4n) is 2.03. The van der Waals surface area contributed by atoms with Gasteiger partial charge in [0.05, 0.1) is 11.5 Å². The maximum Gasteiger partial charge on any atom is 0.333 e. The maximum atomic E-state index is 12.1. The third kappa shape index (κ3) is 3.82. The number of carbonyl (C=O) groups excluding carboxylic acids is 1. The number of esters is 1. The molecule has 6 nitrogen and oxygen atoms in total. The number of rotatable bonds is 6. The summed E-state index contributed by atoms with van der Waals surface area (Å²) in [4.78, 5) is 22.5. The summed E-state index contributed by atoms with van der Waals surface area (Å²) < 4.78 is 5.07. The first kappa shape index (κ1) is 15.5. The average Bonchev–Trinajstić information content (AvgIpc) is 2.54. The Balaban J connectivity index is 2.28. The highest BCUT2D eigenvalue weighted by atomic mass is 16.6. The van der Waals surface area contributed by atoms with Crippen LogP contribution in [0, 0.1) is 10.1 Å². The molecule has 0 fully saturated rings. The Morgan fingerprint density at radius 1 is 1.23 bits per heavy atom. The van der Waals surface area contributed by atoms with Crippen LogP contribution in [-0.4, -0.2) is 17.5 Å². The van der Waals surface area contributed by atoms with Gasteiger partial charge in [0.25, 0.3) is 5.69 Å². The molecule has 114 valence electrons. The fourth-order valence-corrected chi connectivity index (χ4v) is 2.03. The average molecular weight is 300 g/mol. The Labute approximate surface area is 127 Å². The van der Waals surface area contributed by atoms with Gasteiger partial charge < -0.3 is 10.1 Å². The van der Waals surface area contributed by atoms with Crippen molar-refractivity contribution < 1.29 is 14.5 Å². The monoisotopic (exact) mass is 300 g/mol. The number of hydrogen-bond donors (Lipinski definition) is 1. The van der Waals surface area contributed by atoms with E-state index in [4.69, 9.17) is 4.74 Å². The van der Waals surface area contributed by atoms with E-state index in [0.717, 1.165) is 5.56 Å². The minimum absolute atomic E-state index is 0.0410. The van der Waals surface area contributed by atoms with E-state index in [0.29, 0.717) is 5.69 Å². The van der Waals surface area contributed by atoms with Gasteiger partial charge in [0.15, 0.2) is 6.04 Å². The first-order valence-corrected chi connectivity index (χ1v) is 6.84. The molecule has 0 spiro atoms. The van der Waals surface area contributed by atoms with E-state index in [-0.39, 0.29) is 12.3 Å². The summed E-state index contributed by atoms with van der Waals surface area (Å²) in [6.07, 6.45) is 0. The lowest BCUT2D eigenvalue weighted by atomic mass is 10.1. The van der Waals surface area contributed by atoms with Crippen LogP contribution in [-0.2, 0) is 9.53 Å². The van der Waals surface area contributed by atoms with Crippen LogP contribution in [0.3, 0.4) is 0 Å². The third-order valence-corrected chi connectivity index (χ3v) is 3.02. The lowest BCUT2D eigenvalue weighted by molar-refractivity contribution is -0.384. The first-order valence-electron chi connectivity index (χ1n) is 6.84. The number of nitro groups is 1. The molecule has 0 aliphatic rings. The van der Waals surface area contributed by atoms with Gasteiger partial charge in [-0.1, -0.05) is 36.4 Å². The predicted octanol–water partition coefficient (Wildman–Crippen LogP) is 3.31. The molecule has 0 aliphatic heterocycles. The van der Waals surface area contributed by atoms with Gasteiger partial charge in [0.2, 0.25) is 0 Å². The van der Waals surface area contributed by atoms with E-state index >= 15 is 0 Å². The summed E-state index contributed by atoms with van der Waals surface area (Å²) in [7, 11) is 0. The minimum atomic E-state index is -0.719. The van der Waals surface area contributed by atoms with Gasteiger partial charge in [0.1, 0.15) is 0 Å². The molecule has 0 heterocycles. The van der Waals surface area contributed by atoms with Crippen LogP contribution >= 0.6 is 0 Å². The standard InChI is InChI=1S/C16H16N2O4/c1-2-22-16(19)15(12-7-4-3-5-8-12)17-13-9-6-10-14(11-13)18(20)21/h3-11,15,17H,2H2,1H3. The Morgan fingerprint density at radius 2 is 1.95 bits per heavy atom. The summed E-state index contributed by atoms with van der Waals surface area (Å²) in [6, 6.07) is 14.4. The van der Waals surface area contributed by atoms with Gasteiger partial charge in [-0.25, -0.2) is 4.79 Å². The number of ether oxygens (including phenoxy) is 1. The molecule has 0 saturated heterocycles. The lowest BCUT2D eigenvalue weighted by Crippen LogP contribution is -2.23. The van der Waals surface area contributed by atoms with E-state index in [1.807, 2.05) is 18.2 Å². The number of hydrogen-bond acceptors (Lipinski definition) is 5. The number of non-ortho nitro benzene ring substituents is 1. The fraction of sp³-hybridized carbons (Fsp3) is 0.188. The zero-order chi connectivity index (χ0) is 15.9. The highest BCUT2D eigenvalue weighted by Crippen LogP contribution is 2.24. The molecule has 2 rings (SSSR count). The molecule has 2 aromatic carbocycles. The predicted molar refractivity (Wildman–Crippen MR) is 82.5 cm³/mol. The minimum Gasteiger partial charge on any atom is -0.464 e. The van der Waals surface area contributed by atoms with Crippen LogP contribution in [0.5, 0.6) is 0 Å². The van der Waals surface area contributed by atoms with Crippen molar-refractivity contribution >= 4 is 17.3 Å². The van der Waals surface area contributed by atoms with E-state index in [1.54, 1.807) is 31.2 Å². The van der Waals surface area contributed by atoms with Crippen molar-refractivity contribution in [2.24, 2.45) is 0 Å². The quantitative estimate of drug-likeness (QED) is 0.503. The first-order chi connectivity index (χ1) is 10.6. The molecule has 2 aromatic rings. The largest absolute Gasteiger partial charge is 0.464 e. The van der Waals surface area contributed by atoms with Crippen LogP contribution in [0.2, 0.25) is 0 Å². The number of anilines is 1. The molecule has 1 N–H and O–H groups in total. The molecule has 1 atom stereocenters. The molecule has 0 aromatic heterocycles. The Morgan fingerprint density at radius 3 is 2.59 bits per heavy atom. The summed E-state index contributed by atoms with van der Waals surface area (Å²) in [6.45, 7) is 1.99.